The van der Waals surface area contributed by atoms with E-state index in [1.54, 1.807) is 18.2 Å². The van der Waals surface area contributed by atoms with Crippen LogP contribution in [0.1, 0.15) is 45.1 Å². The Hall–Kier alpha value is -3.55. The lowest BCUT2D eigenvalue weighted by atomic mass is 9.85. The van der Waals surface area contributed by atoms with Crippen molar-refractivity contribution in [2.45, 2.75) is 51.1 Å². The predicted molar refractivity (Wildman–Crippen MR) is 123 cm³/mol. The Kier molecular flexibility index (Phi) is 4.74. The van der Waals surface area contributed by atoms with Gasteiger partial charge in [0.05, 0.1) is 17.5 Å². The second-order valence-corrected chi connectivity index (χ2v) is 9.14. The average Bonchev–Trinajstić information content (AvgIpc) is 3.49. The first-order chi connectivity index (χ1) is 16.1. The third-order valence-electron chi connectivity index (χ3n) is 7.06. The van der Waals surface area contributed by atoms with E-state index < -0.39 is 6.04 Å². The third-order valence-corrected chi connectivity index (χ3v) is 7.06. The number of aromatic nitrogens is 2. The second-order valence-electron chi connectivity index (χ2n) is 9.14. The van der Waals surface area contributed by atoms with Crippen molar-refractivity contribution in [3.05, 3.63) is 42.5 Å². The van der Waals surface area contributed by atoms with Crippen LogP contribution in [0, 0.1) is 5.92 Å². The highest BCUT2D eigenvalue weighted by Crippen LogP contribution is 2.41. The number of carbonyl (C=O) groups excluding carboxylic acids is 2. The fraction of sp³-hybridized carbons (Fsp3) is 0.400. The molecule has 2 aromatic carbocycles. The number of nitrogens with zero attached hydrogens (tertiary/aromatic N) is 3. The summed E-state index contributed by atoms with van der Waals surface area (Å²) < 4.78 is 12.7. The van der Waals surface area contributed by atoms with Crippen molar-refractivity contribution in [1.29, 1.82) is 0 Å². The molecular formula is C25H26N4O4. The number of ether oxygens (including phenoxy) is 2. The van der Waals surface area contributed by atoms with Crippen molar-refractivity contribution in [2.24, 2.45) is 5.92 Å². The van der Waals surface area contributed by atoms with E-state index in [1.165, 1.54) is 6.42 Å². The average molecular weight is 447 g/mol. The molecular weight excluding hydrogens is 420 g/mol. The highest BCUT2D eigenvalue weighted by Gasteiger charge is 2.45. The Morgan fingerprint density at radius 3 is 2.82 bits per heavy atom. The smallest absolute Gasteiger partial charge is 0.253 e. The van der Waals surface area contributed by atoms with Gasteiger partial charge in [-0.05, 0) is 43.0 Å². The van der Waals surface area contributed by atoms with E-state index in [0.717, 1.165) is 30.3 Å². The molecule has 1 aromatic heterocycles. The topological polar surface area (TPSA) is 85.7 Å². The number of para-hydroxylation sites is 2. The zero-order valence-corrected chi connectivity index (χ0v) is 18.5. The first kappa shape index (κ1) is 20.1. The number of hydrogen-bond donors (Lipinski definition) is 1. The van der Waals surface area contributed by atoms with E-state index in [0.29, 0.717) is 29.1 Å². The molecule has 6 rings (SSSR count). The molecule has 0 spiro atoms. The second kappa shape index (κ2) is 7.79. The molecule has 2 amide bonds. The molecule has 0 radical (unpaired) electrons. The molecule has 3 atom stereocenters. The van der Waals surface area contributed by atoms with Gasteiger partial charge >= 0.3 is 0 Å². The van der Waals surface area contributed by atoms with E-state index in [9.17, 15) is 9.59 Å². The molecule has 1 fully saturated rings. The van der Waals surface area contributed by atoms with Gasteiger partial charge in [-0.25, -0.2) is 4.98 Å². The first-order valence-corrected chi connectivity index (χ1v) is 11.6. The Bertz CT molecular complexity index is 1250. The molecule has 0 saturated heterocycles. The van der Waals surface area contributed by atoms with Crippen LogP contribution in [-0.4, -0.2) is 34.2 Å². The maximum absolute atomic E-state index is 13.7. The van der Waals surface area contributed by atoms with Gasteiger partial charge in [0.15, 0.2) is 11.5 Å². The summed E-state index contributed by atoms with van der Waals surface area (Å²) in [6.45, 7) is 2.39. The van der Waals surface area contributed by atoms with Crippen molar-refractivity contribution >= 4 is 34.5 Å². The van der Waals surface area contributed by atoms with E-state index in [-0.39, 0.29) is 31.1 Å². The van der Waals surface area contributed by atoms with Crippen LogP contribution in [0.5, 0.6) is 11.5 Å². The predicted octanol–water partition coefficient (Wildman–Crippen LogP) is 4.26. The number of imidazole rings is 1. The fourth-order valence-electron chi connectivity index (χ4n) is 5.41. The van der Waals surface area contributed by atoms with Crippen LogP contribution in [0.3, 0.4) is 0 Å². The van der Waals surface area contributed by atoms with E-state index in [4.69, 9.17) is 14.5 Å². The summed E-state index contributed by atoms with van der Waals surface area (Å²) in [4.78, 5) is 33.4. The molecule has 0 bridgehead atoms. The van der Waals surface area contributed by atoms with E-state index in [2.05, 4.69) is 12.2 Å². The van der Waals surface area contributed by atoms with Crippen LogP contribution in [0.15, 0.2) is 42.5 Å². The minimum Gasteiger partial charge on any atom is -0.454 e. The number of fused-ring (bicyclic) bond motifs is 4. The summed E-state index contributed by atoms with van der Waals surface area (Å²) in [6, 6.07) is 12.6. The van der Waals surface area contributed by atoms with Crippen molar-refractivity contribution in [2.75, 3.05) is 17.0 Å². The van der Waals surface area contributed by atoms with Crippen LogP contribution < -0.4 is 19.7 Å². The number of anilines is 2. The van der Waals surface area contributed by atoms with Gasteiger partial charge in [0.25, 0.3) is 5.91 Å². The lowest BCUT2D eigenvalue weighted by Crippen LogP contribution is -2.44. The zero-order valence-electron chi connectivity index (χ0n) is 18.5. The Morgan fingerprint density at radius 1 is 1.12 bits per heavy atom. The van der Waals surface area contributed by atoms with Crippen molar-refractivity contribution < 1.29 is 19.1 Å². The highest BCUT2D eigenvalue weighted by molar-refractivity contribution is 6.05. The van der Waals surface area contributed by atoms with Crippen LogP contribution in [-0.2, 0) is 9.59 Å². The van der Waals surface area contributed by atoms with Gasteiger partial charge in [0, 0.05) is 17.8 Å². The summed E-state index contributed by atoms with van der Waals surface area (Å²) in [5.74, 6) is 2.06. The third kappa shape index (κ3) is 3.32. The van der Waals surface area contributed by atoms with Gasteiger partial charge in [-0.1, -0.05) is 31.9 Å². The molecule has 0 unspecified atom stereocenters. The quantitative estimate of drug-likeness (QED) is 0.647. The van der Waals surface area contributed by atoms with Gasteiger partial charge in [-0.15, -0.1) is 0 Å². The number of hydrogen-bond acceptors (Lipinski definition) is 5. The highest BCUT2D eigenvalue weighted by atomic mass is 16.7. The van der Waals surface area contributed by atoms with Gasteiger partial charge in [-0.2, -0.15) is 0 Å². The van der Waals surface area contributed by atoms with Crippen molar-refractivity contribution in [1.82, 2.24) is 9.55 Å². The molecule has 33 heavy (non-hydrogen) atoms. The number of carbonyl (C=O) groups is 2. The van der Waals surface area contributed by atoms with Crippen LogP contribution >= 0.6 is 0 Å². The molecule has 8 nitrogen and oxygen atoms in total. The summed E-state index contributed by atoms with van der Waals surface area (Å²) in [7, 11) is 0. The Balaban J connectivity index is 1.31. The summed E-state index contributed by atoms with van der Waals surface area (Å²) in [6.07, 6.45) is 4.40. The van der Waals surface area contributed by atoms with E-state index in [1.807, 2.05) is 33.7 Å². The summed E-state index contributed by atoms with van der Waals surface area (Å²) >= 11 is 0. The molecule has 3 aromatic rings. The monoisotopic (exact) mass is 446 g/mol. The minimum atomic E-state index is -0.615. The molecule has 2 aliphatic heterocycles. The Morgan fingerprint density at radius 2 is 1.94 bits per heavy atom. The van der Waals surface area contributed by atoms with Gasteiger partial charge in [-0.3, -0.25) is 19.1 Å². The maximum Gasteiger partial charge on any atom is 0.253 e. The minimum absolute atomic E-state index is 0.0390. The molecule has 1 N–H and O–H groups in total. The molecule has 3 aliphatic rings. The van der Waals surface area contributed by atoms with Crippen molar-refractivity contribution in [3.8, 4) is 11.5 Å². The lowest BCUT2D eigenvalue weighted by molar-refractivity contribution is -0.125. The van der Waals surface area contributed by atoms with Gasteiger partial charge in [0.2, 0.25) is 18.6 Å². The van der Waals surface area contributed by atoms with Gasteiger partial charge in [0.1, 0.15) is 6.04 Å². The number of amides is 2. The number of rotatable bonds is 4. The molecule has 1 saturated carbocycles. The van der Waals surface area contributed by atoms with Gasteiger partial charge < -0.3 is 14.8 Å². The standard InChI is InChI=1S/C25H26N4O4/c1-15-6-2-4-8-18(15)29-24(31)20(28-19-9-5-3-7-17(19)27-25(28)29)13-23(30)26-16-10-11-21-22(12-16)33-14-32-21/h3,5,7,9-12,15,18,20H,2,4,6,8,13-14H2,1H3,(H,26,30)/t15-,18+,20-/m1/s1. The molecule has 1 aliphatic carbocycles. The molecule has 170 valence electrons. The summed E-state index contributed by atoms with van der Waals surface area (Å²) in [5, 5.41) is 2.91. The zero-order chi connectivity index (χ0) is 22.5. The lowest BCUT2D eigenvalue weighted by Gasteiger charge is -2.35. The SMILES string of the molecule is C[C@@H]1CCCC[C@@H]1N1C(=O)[C@@H](CC(=O)Nc2ccc3c(c2)OCO3)n2c1nc1ccccc12. The maximum atomic E-state index is 13.7. The van der Waals surface area contributed by atoms with Crippen LogP contribution in [0.4, 0.5) is 11.6 Å². The molecule has 8 heteroatoms. The fourth-order valence-corrected chi connectivity index (χ4v) is 5.41. The normalized spacial score (nSPS) is 23.7. The molecule has 3 heterocycles. The largest absolute Gasteiger partial charge is 0.454 e. The Labute approximate surface area is 191 Å². The van der Waals surface area contributed by atoms with Crippen LogP contribution in [0.2, 0.25) is 0 Å². The number of nitrogens with one attached hydrogen (secondary N) is 1. The van der Waals surface area contributed by atoms with Crippen LogP contribution in [0.25, 0.3) is 11.0 Å². The van der Waals surface area contributed by atoms with E-state index >= 15 is 0 Å². The van der Waals surface area contributed by atoms with Crippen molar-refractivity contribution in [3.63, 3.8) is 0 Å². The number of benzene rings is 2. The summed E-state index contributed by atoms with van der Waals surface area (Å²) in [5.41, 5.74) is 2.34. The first-order valence-electron chi connectivity index (χ1n) is 11.6.